The van der Waals surface area contributed by atoms with Crippen LogP contribution in [0.15, 0.2) is 49.6 Å². The largest absolute Gasteiger partial charge is 0.497 e. The average molecular weight is 543 g/mol. The van der Waals surface area contributed by atoms with Gasteiger partial charge in [0.05, 0.1) is 42.9 Å². The lowest BCUT2D eigenvalue weighted by atomic mass is 9.71. The maximum Gasteiger partial charge on any atom is 0.310 e. The lowest BCUT2D eigenvalue weighted by Crippen LogP contribution is -2.58. The standard InChI is InChI=1S/C29H38N2O6S/c1-6-8-16-37-28(35)23-22-13-14-29(38-22)24(23)26(33)31(21(17-32)18(3)4)25(29)27(34)30(15-7-2)19-9-11-20(36-5)12-10-19/h6-7,9-12,18,21-25,32H,1-2,8,13-17H2,3-5H3/t21-,22-,23+,24-,25?,29?/m0/s1. The predicted molar refractivity (Wildman–Crippen MR) is 148 cm³/mol. The molecule has 0 aromatic heterocycles. The normalized spacial score (nSPS) is 28.2. The van der Waals surface area contributed by atoms with Gasteiger partial charge in [-0.2, -0.15) is 0 Å². The van der Waals surface area contributed by atoms with E-state index >= 15 is 0 Å². The number of ether oxygens (including phenoxy) is 2. The van der Waals surface area contributed by atoms with Crippen LogP contribution in [-0.2, 0) is 19.1 Å². The first-order chi connectivity index (χ1) is 18.2. The smallest absolute Gasteiger partial charge is 0.310 e. The van der Waals surface area contributed by atoms with Crippen LogP contribution in [0.3, 0.4) is 0 Å². The number of aliphatic hydroxyl groups is 1. The van der Waals surface area contributed by atoms with Crippen LogP contribution in [0, 0.1) is 17.8 Å². The highest BCUT2D eigenvalue weighted by Crippen LogP contribution is 2.67. The van der Waals surface area contributed by atoms with E-state index in [1.165, 1.54) is 0 Å². The molecule has 3 saturated heterocycles. The summed E-state index contributed by atoms with van der Waals surface area (Å²) < 4.78 is 10.1. The minimum Gasteiger partial charge on any atom is -0.497 e. The number of nitrogens with zero attached hydrogens (tertiary/aromatic N) is 2. The van der Waals surface area contributed by atoms with Gasteiger partial charge in [-0.15, -0.1) is 24.9 Å². The average Bonchev–Trinajstić information content (AvgIpc) is 3.55. The van der Waals surface area contributed by atoms with E-state index in [2.05, 4.69) is 13.2 Å². The topological polar surface area (TPSA) is 96.4 Å². The summed E-state index contributed by atoms with van der Waals surface area (Å²) in [4.78, 5) is 45.2. The zero-order valence-corrected chi connectivity index (χ0v) is 23.2. The number of aliphatic hydroxyl groups excluding tert-OH is 1. The molecule has 2 bridgehead atoms. The molecule has 3 heterocycles. The molecular weight excluding hydrogens is 504 g/mol. The summed E-state index contributed by atoms with van der Waals surface area (Å²) in [5.41, 5.74) is 0.658. The van der Waals surface area contributed by atoms with Crippen LogP contribution in [0.4, 0.5) is 5.69 Å². The maximum absolute atomic E-state index is 14.5. The van der Waals surface area contributed by atoms with Crippen molar-refractivity contribution < 1.29 is 29.0 Å². The number of carbonyl (C=O) groups is 3. The van der Waals surface area contributed by atoms with Crippen LogP contribution in [0.1, 0.15) is 33.1 Å². The summed E-state index contributed by atoms with van der Waals surface area (Å²) in [7, 11) is 1.58. The van der Waals surface area contributed by atoms with Crippen molar-refractivity contribution in [1.29, 1.82) is 0 Å². The van der Waals surface area contributed by atoms with Gasteiger partial charge in [-0.3, -0.25) is 14.4 Å². The van der Waals surface area contributed by atoms with Crippen molar-refractivity contribution in [2.24, 2.45) is 17.8 Å². The van der Waals surface area contributed by atoms with E-state index < -0.39 is 28.7 Å². The van der Waals surface area contributed by atoms with Crippen LogP contribution in [0.25, 0.3) is 0 Å². The monoisotopic (exact) mass is 542 g/mol. The molecule has 1 N–H and O–H groups in total. The van der Waals surface area contributed by atoms with Crippen LogP contribution in [0.5, 0.6) is 5.75 Å². The minimum atomic E-state index is -0.831. The van der Waals surface area contributed by atoms with Gasteiger partial charge in [-0.05, 0) is 49.4 Å². The number of methoxy groups -OCH3 is 1. The molecule has 0 radical (unpaired) electrons. The molecule has 8 nitrogen and oxygen atoms in total. The molecule has 4 rings (SSSR count). The van der Waals surface area contributed by atoms with E-state index in [9.17, 15) is 19.5 Å². The van der Waals surface area contributed by atoms with Crippen LogP contribution in [-0.4, -0.2) is 76.7 Å². The fourth-order valence-electron chi connectivity index (χ4n) is 6.32. The molecule has 38 heavy (non-hydrogen) atoms. The molecule has 9 heteroatoms. The van der Waals surface area contributed by atoms with Crippen molar-refractivity contribution in [3.05, 3.63) is 49.6 Å². The number of hydrogen-bond acceptors (Lipinski definition) is 7. The summed E-state index contributed by atoms with van der Waals surface area (Å²) in [5, 5.41) is 10.3. The van der Waals surface area contributed by atoms with E-state index in [-0.39, 0.29) is 48.7 Å². The van der Waals surface area contributed by atoms with Crippen molar-refractivity contribution >= 4 is 35.2 Å². The molecule has 2 unspecified atom stereocenters. The molecule has 0 saturated carbocycles. The number of hydrogen-bond donors (Lipinski definition) is 1. The number of thioether (sulfide) groups is 1. The van der Waals surface area contributed by atoms with Crippen molar-refractivity contribution in [3.63, 3.8) is 0 Å². The number of anilines is 1. The van der Waals surface area contributed by atoms with Crippen molar-refractivity contribution in [1.82, 2.24) is 4.90 Å². The highest BCUT2D eigenvalue weighted by atomic mass is 32.2. The SMILES string of the molecule is C=CCCOC(=O)[C@@H]1[C@@H]2CCC3(S2)C(C(=O)N(CC=C)c2ccc(OC)cc2)N([C@@H](CO)C(C)C)C(=O)[C@H]13. The third kappa shape index (κ3) is 4.64. The second-order valence-corrected chi connectivity index (χ2v) is 12.1. The van der Waals surface area contributed by atoms with Crippen molar-refractivity contribution in [2.45, 2.75) is 55.2 Å². The zero-order chi connectivity index (χ0) is 27.6. The van der Waals surface area contributed by atoms with E-state index in [4.69, 9.17) is 9.47 Å². The van der Waals surface area contributed by atoms with Gasteiger partial charge in [0, 0.05) is 17.5 Å². The number of likely N-dealkylation sites (tertiary alicyclic amines) is 1. The predicted octanol–water partition coefficient (Wildman–Crippen LogP) is 3.44. The van der Waals surface area contributed by atoms with Crippen molar-refractivity contribution in [2.75, 3.05) is 31.8 Å². The van der Waals surface area contributed by atoms with Gasteiger partial charge in [-0.1, -0.05) is 26.0 Å². The van der Waals surface area contributed by atoms with E-state index in [1.54, 1.807) is 53.0 Å². The van der Waals surface area contributed by atoms with E-state index in [0.717, 1.165) is 6.42 Å². The number of benzene rings is 1. The Hall–Kier alpha value is -2.78. The summed E-state index contributed by atoms with van der Waals surface area (Å²) in [5.74, 6) is -1.59. The lowest BCUT2D eigenvalue weighted by molar-refractivity contribution is -0.154. The zero-order valence-electron chi connectivity index (χ0n) is 22.4. The number of fused-ring (bicyclic) bond motifs is 1. The molecule has 2 amide bonds. The Kier molecular flexibility index (Phi) is 8.57. The third-order valence-electron chi connectivity index (χ3n) is 8.09. The molecule has 3 fully saturated rings. The van der Waals surface area contributed by atoms with Crippen LogP contribution < -0.4 is 9.64 Å². The van der Waals surface area contributed by atoms with Gasteiger partial charge in [-0.25, -0.2) is 0 Å². The first-order valence-corrected chi connectivity index (χ1v) is 14.1. The second-order valence-electron chi connectivity index (χ2n) is 10.5. The molecule has 1 spiro atoms. The molecule has 206 valence electrons. The Morgan fingerprint density at radius 1 is 1.26 bits per heavy atom. The molecule has 3 aliphatic heterocycles. The van der Waals surface area contributed by atoms with Crippen LogP contribution in [0.2, 0.25) is 0 Å². The Balaban J connectivity index is 1.77. The third-order valence-corrected chi connectivity index (χ3v) is 10.0. The number of amides is 2. The van der Waals surface area contributed by atoms with E-state index in [1.807, 2.05) is 26.0 Å². The molecule has 0 aliphatic carbocycles. The Labute approximate surface area is 229 Å². The Morgan fingerprint density at radius 2 is 1.97 bits per heavy atom. The maximum atomic E-state index is 14.5. The van der Waals surface area contributed by atoms with Crippen LogP contribution >= 0.6 is 11.8 Å². The summed E-state index contributed by atoms with van der Waals surface area (Å²) >= 11 is 1.59. The summed E-state index contributed by atoms with van der Waals surface area (Å²) in [6.07, 6.45) is 5.24. The molecule has 1 aromatic carbocycles. The minimum absolute atomic E-state index is 0.0851. The molecule has 1 aromatic rings. The Bertz CT molecular complexity index is 1080. The first-order valence-electron chi connectivity index (χ1n) is 13.2. The second kappa shape index (κ2) is 11.5. The van der Waals surface area contributed by atoms with Gasteiger partial charge in [0.2, 0.25) is 5.91 Å². The lowest BCUT2D eigenvalue weighted by Gasteiger charge is -2.40. The van der Waals surface area contributed by atoms with Crippen molar-refractivity contribution in [3.8, 4) is 5.75 Å². The van der Waals surface area contributed by atoms with Gasteiger partial charge in [0.25, 0.3) is 5.91 Å². The van der Waals surface area contributed by atoms with E-state index in [0.29, 0.717) is 24.3 Å². The van der Waals surface area contributed by atoms with Gasteiger partial charge < -0.3 is 24.4 Å². The molecule has 6 atom stereocenters. The summed E-state index contributed by atoms with van der Waals surface area (Å²) in [6.45, 7) is 11.6. The fourth-order valence-corrected chi connectivity index (χ4v) is 8.50. The Morgan fingerprint density at radius 3 is 2.55 bits per heavy atom. The van der Waals surface area contributed by atoms with Gasteiger partial charge in [0.1, 0.15) is 11.8 Å². The quantitative estimate of drug-likeness (QED) is 0.246. The van der Waals surface area contributed by atoms with Gasteiger partial charge >= 0.3 is 5.97 Å². The highest BCUT2D eigenvalue weighted by Gasteiger charge is 2.75. The highest BCUT2D eigenvalue weighted by molar-refractivity contribution is 8.02. The number of carbonyl (C=O) groups excluding carboxylic acids is 3. The molecule has 3 aliphatic rings. The summed E-state index contributed by atoms with van der Waals surface area (Å²) in [6, 6.07) is 5.79. The first kappa shape index (κ1) is 28.2. The number of esters is 1. The number of rotatable bonds is 12. The van der Waals surface area contributed by atoms with Gasteiger partial charge in [0.15, 0.2) is 0 Å². The fraction of sp³-hybridized carbons (Fsp3) is 0.552. The molecular formula is C29H38N2O6S.